The number of ether oxygens (including phenoxy) is 4. The summed E-state index contributed by atoms with van der Waals surface area (Å²) in [6, 6.07) is 15.6. The van der Waals surface area contributed by atoms with Crippen LogP contribution in [0, 0.1) is 0 Å². The second kappa shape index (κ2) is 12.1. The first-order valence-electron chi connectivity index (χ1n) is 11.2. The van der Waals surface area contributed by atoms with E-state index in [1.165, 1.54) is 51.7 Å². The molecule has 11 heteroatoms. The van der Waals surface area contributed by atoms with Gasteiger partial charge in [0.15, 0.2) is 11.5 Å². The van der Waals surface area contributed by atoms with Gasteiger partial charge >= 0.3 is 0 Å². The molecule has 0 saturated carbocycles. The van der Waals surface area contributed by atoms with Gasteiger partial charge in [0.05, 0.1) is 43.7 Å². The van der Waals surface area contributed by atoms with Crippen LogP contribution in [0.1, 0.15) is 13.8 Å². The molecule has 0 bridgehead atoms. The van der Waals surface area contributed by atoms with Crippen LogP contribution in [0.4, 0.5) is 11.4 Å². The molecule has 0 radical (unpaired) electrons. The number of nitrogens with zero attached hydrogens (tertiary/aromatic N) is 1. The maximum absolute atomic E-state index is 13.9. The van der Waals surface area contributed by atoms with E-state index in [0.717, 1.165) is 4.31 Å². The Balaban J connectivity index is 2.06. The van der Waals surface area contributed by atoms with Gasteiger partial charge in [0.2, 0.25) is 5.91 Å². The third-order valence-corrected chi connectivity index (χ3v) is 7.15. The van der Waals surface area contributed by atoms with Crippen LogP contribution in [0.2, 0.25) is 5.02 Å². The van der Waals surface area contributed by atoms with E-state index in [4.69, 9.17) is 30.5 Å². The molecule has 0 aromatic heterocycles. The standard InChI is InChI=1S/C26H29ClN2O7S/c1-17(2)36-22-9-7-6-8-20(22)28-26(30)16-29(21-14-18(27)10-12-23(21)33-3)37(31,32)19-11-13-24(34-4)25(15-19)35-5/h6-15,17H,16H2,1-5H3,(H,28,30). The molecule has 3 aromatic carbocycles. The Bertz CT molecular complexity index is 1360. The molecule has 0 fully saturated rings. The van der Waals surface area contributed by atoms with E-state index in [9.17, 15) is 13.2 Å². The fourth-order valence-corrected chi connectivity index (χ4v) is 5.11. The second-order valence-electron chi connectivity index (χ2n) is 8.06. The molecule has 3 rings (SSSR count). The fraction of sp³-hybridized carbons (Fsp3) is 0.269. The quantitative estimate of drug-likeness (QED) is 0.360. The van der Waals surface area contributed by atoms with Crippen molar-refractivity contribution in [2.75, 3.05) is 37.5 Å². The monoisotopic (exact) mass is 548 g/mol. The van der Waals surface area contributed by atoms with Crippen molar-refractivity contribution in [2.24, 2.45) is 0 Å². The van der Waals surface area contributed by atoms with Crippen molar-refractivity contribution in [1.29, 1.82) is 0 Å². The van der Waals surface area contributed by atoms with Gasteiger partial charge in [0.1, 0.15) is 18.0 Å². The van der Waals surface area contributed by atoms with E-state index in [2.05, 4.69) is 5.32 Å². The van der Waals surface area contributed by atoms with E-state index in [0.29, 0.717) is 17.2 Å². The van der Waals surface area contributed by atoms with E-state index >= 15 is 0 Å². The smallest absolute Gasteiger partial charge is 0.265 e. The maximum Gasteiger partial charge on any atom is 0.265 e. The lowest BCUT2D eigenvalue weighted by Crippen LogP contribution is -2.38. The minimum Gasteiger partial charge on any atom is -0.495 e. The van der Waals surface area contributed by atoms with Gasteiger partial charge in [-0.15, -0.1) is 0 Å². The van der Waals surface area contributed by atoms with E-state index in [1.807, 2.05) is 13.8 Å². The topological polar surface area (TPSA) is 103 Å². The summed E-state index contributed by atoms with van der Waals surface area (Å²) >= 11 is 6.21. The second-order valence-corrected chi connectivity index (χ2v) is 10.4. The number of amides is 1. The molecule has 0 spiro atoms. The van der Waals surface area contributed by atoms with E-state index in [-0.39, 0.29) is 33.2 Å². The summed E-state index contributed by atoms with van der Waals surface area (Å²) in [7, 11) is -0.0704. The first-order valence-corrected chi connectivity index (χ1v) is 13.1. The first kappa shape index (κ1) is 27.9. The number of halogens is 1. The predicted molar refractivity (Wildman–Crippen MR) is 143 cm³/mol. The number of benzene rings is 3. The summed E-state index contributed by atoms with van der Waals surface area (Å²) in [6.45, 7) is 3.15. The third-order valence-electron chi connectivity index (χ3n) is 5.16. The Morgan fingerprint density at radius 2 is 1.54 bits per heavy atom. The van der Waals surface area contributed by atoms with Gasteiger partial charge < -0.3 is 24.3 Å². The summed E-state index contributed by atoms with van der Waals surface area (Å²) in [5.74, 6) is 0.634. The molecule has 0 saturated heterocycles. The number of carbonyl (C=O) groups excluding carboxylic acids is 1. The zero-order valence-electron chi connectivity index (χ0n) is 21.1. The van der Waals surface area contributed by atoms with Crippen molar-refractivity contribution in [3.63, 3.8) is 0 Å². The summed E-state index contributed by atoms with van der Waals surface area (Å²) in [5.41, 5.74) is 0.495. The average molecular weight is 549 g/mol. The zero-order valence-corrected chi connectivity index (χ0v) is 22.7. The molecule has 0 atom stereocenters. The normalized spacial score (nSPS) is 11.1. The van der Waals surface area contributed by atoms with Crippen LogP contribution >= 0.6 is 11.6 Å². The van der Waals surface area contributed by atoms with Gasteiger partial charge in [-0.25, -0.2) is 8.42 Å². The van der Waals surface area contributed by atoms with Gasteiger partial charge in [0, 0.05) is 11.1 Å². The number of para-hydroxylation sites is 2. The molecule has 0 aliphatic carbocycles. The Kier molecular flexibility index (Phi) is 9.12. The minimum absolute atomic E-state index is 0.0895. The molecule has 198 valence electrons. The van der Waals surface area contributed by atoms with Crippen molar-refractivity contribution >= 4 is 38.9 Å². The van der Waals surface area contributed by atoms with Gasteiger partial charge in [-0.2, -0.15) is 0 Å². The lowest BCUT2D eigenvalue weighted by molar-refractivity contribution is -0.114. The molecule has 37 heavy (non-hydrogen) atoms. The van der Waals surface area contributed by atoms with Crippen LogP contribution in [0.3, 0.4) is 0 Å². The molecular formula is C26H29ClN2O7S. The van der Waals surface area contributed by atoms with Crippen LogP contribution in [-0.2, 0) is 14.8 Å². The summed E-state index contributed by atoms with van der Waals surface area (Å²) < 4.78 is 50.4. The fourth-order valence-electron chi connectivity index (χ4n) is 3.51. The first-order chi connectivity index (χ1) is 17.6. The number of hydrogen-bond donors (Lipinski definition) is 1. The number of sulfonamides is 1. The molecular weight excluding hydrogens is 520 g/mol. The molecule has 1 amide bonds. The Morgan fingerprint density at radius 1 is 0.892 bits per heavy atom. The molecule has 0 aliphatic rings. The van der Waals surface area contributed by atoms with Crippen molar-refractivity contribution < 1.29 is 32.2 Å². The number of methoxy groups -OCH3 is 3. The molecule has 0 unspecified atom stereocenters. The lowest BCUT2D eigenvalue weighted by Gasteiger charge is -2.26. The van der Waals surface area contributed by atoms with Crippen LogP contribution in [0.25, 0.3) is 0 Å². The highest BCUT2D eigenvalue weighted by molar-refractivity contribution is 7.92. The van der Waals surface area contributed by atoms with Gasteiger partial charge in [0.25, 0.3) is 10.0 Å². The third kappa shape index (κ3) is 6.58. The number of anilines is 2. The summed E-state index contributed by atoms with van der Waals surface area (Å²) in [4.78, 5) is 13.1. The number of rotatable bonds is 11. The number of hydrogen-bond acceptors (Lipinski definition) is 7. The minimum atomic E-state index is -4.31. The SMILES string of the molecule is COc1ccc(S(=O)(=O)N(CC(=O)Nc2ccccc2OC(C)C)c2cc(Cl)ccc2OC)cc1OC. The van der Waals surface area contributed by atoms with Crippen LogP contribution < -0.4 is 28.6 Å². The number of nitrogens with one attached hydrogen (secondary N) is 1. The highest BCUT2D eigenvalue weighted by atomic mass is 35.5. The summed E-state index contributed by atoms with van der Waals surface area (Å²) in [6.07, 6.45) is -0.129. The van der Waals surface area contributed by atoms with E-state index in [1.54, 1.807) is 30.3 Å². The Morgan fingerprint density at radius 3 is 2.19 bits per heavy atom. The Hall–Kier alpha value is -3.63. The van der Waals surface area contributed by atoms with Crippen LogP contribution in [-0.4, -0.2) is 48.3 Å². The van der Waals surface area contributed by atoms with Crippen molar-refractivity contribution in [1.82, 2.24) is 0 Å². The largest absolute Gasteiger partial charge is 0.495 e. The van der Waals surface area contributed by atoms with Gasteiger partial charge in [-0.3, -0.25) is 9.10 Å². The molecule has 3 aromatic rings. The Labute approximate surface area is 221 Å². The van der Waals surface area contributed by atoms with Crippen LogP contribution in [0.15, 0.2) is 65.6 Å². The van der Waals surface area contributed by atoms with Crippen molar-refractivity contribution in [2.45, 2.75) is 24.8 Å². The van der Waals surface area contributed by atoms with Crippen molar-refractivity contribution in [3.8, 4) is 23.0 Å². The highest BCUT2D eigenvalue weighted by Crippen LogP contribution is 2.37. The van der Waals surface area contributed by atoms with Gasteiger partial charge in [-0.1, -0.05) is 23.7 Å². The van der Waals surface area contributed by atoms with Crippen LogP contribution in [0.5, 0.6) is 23.0 Å². The predicted octanol–water partition coefficient (Wildman–Crippen LogP) is 4.99. The highest BCUT2D eigenvalue weighted by Gasteiger charge is 2.31. The molecule has 9 nitrogen and oxygen atoms in total. The maximum atomic E-state index is 13.9. The number of carbonyl (C=O) groups is 1. The van der Waals surface area contributed by atoms with Crippen molar-refractivity contribution in [3.05, 3.63) is 65.7 Å². The molecule has 1 N–H and O–H groups in total. The van der Waals surface area contributed by atoms with Gasteiger partial charge in [-0.05, 0) is 56.3 Å². The van der Waals surface area contributed by atoms with E-state index < -0.39 is 22.5 Å². The average Bonchev–Trinajstić information content (AvgIpc) is 2.87. The molecule has 0 heterocycles. The molecule has 0 aliphatic heterocycles. The summed E-state index contributed by atoms with van der Waals surface area (Å²) in [5, 5.41) is 3.01. The zero-order chi connectivity index (χ0) is 27.2. The lowest BCUT2D eigenvalue weighted by atomic mass is 10.2.